The van der Waals surface area contributed by atoms with Gasteiger partial charge in [0.15, 0.2) is 0 Å². The number of hydrogen-bond acceptors (Lipinski definition) is 2. The summed E-state index contributed by atoms with van der Waals surface area (Å²) >= 11 is 0. The predicted octanol–water partition coefficient (Wildman–Crippen LogP) is 3.19. The first kappa shape index (κ1) is 14.5. The third-order valence-electron chi connectivity index (χ3n) is 2.73. The highest BCUT2D eigenvalue weighted by Crippen LogP contribution is 2.14. The second-order valence-corrected chi connectivity index (χ2v) is 3.89. The molecule has 5 heteroatoms. The summed E-state index contributed by atoms with van der Waals surface area (Å²) in [5.41, 5.74) is 3.14. The molecule has 1 aromatic carbocycles. The molecule has 0 fully saturated rings. The van der Waals surface area contributed by atoms with E-state index >= 15 is 0 Å². The monoisotopic (exact) mass is 269 g/mol. The highest BCUT2D eigenvalue weighted by Gasteiger charge is 2.05. The van der Waals surface area contributed by atoms with Gasteiger partial charge in [0.2, 0.25) is 0 Å². The van der Waals surface area contributed by atoms with E-state index in [2.05, 4.69) is 22.5 Å². The summed E-state index contributed by atoms with van der Waals surface area (Å²) in [7, 11) is 0. The standard InChI is InChI=1S/C13H16FN3.ClH/c1-11-13(10-16-17(11)8-7-14)15-9-12-5-3-2-4-6-12;/h2-6,10,15H,7-9H2,1H3;1H. The lowest BCUT2D eigenvalue weighted by Crippen LogP contribution is -2.05. The molecule has 0 spiro atoms. The van der Waals surface area contributed by atoms with Crippen LogP contribution in [0.5, 0.6) is 0 Å². The van der Waals surface area contributed by atoms with Gasteiger partial charge in [0.25, 0.3) is 0 Å². The van der Waals surface area contributed by atoms with Gasteiger partial charge in [0.05, 0.1) is 24.1 Å². The van der Waals surface area contributed by atoms with Crippen molar-refractivity contribution >= 4 is 18.1 Å². The largest absolute Gasteiger partial charge is 0.378 e. The van der Waals surface area contributed by atoms with E-state index < -0.39 is 0 Å². The average molecular weight is 270 g/mol. The Balaban J connectivity index is 0.00000162. The van der Waals surface area contributed by atoms with Gasteiger partial charge in [-0.05, 0) is 12.5 Å². The van der Waals surface area contributed by atoms with Gasteiger partial charge in [-0.15, -0.1) is 12.4 Å². The zero-order chi connectivity index (χ0) is 12.1. The van der Waals surface area contributed by atoms with E-state index in [0.29, 0.717) is 6.54 Å². The summed E-state index contributed by atoms with van der Waals surface area (Å²) in [6.45, 7) is 2.62. The molecule has 0 amide bonds. The molecule has 0 unspecified atom stereocenters. The SMILES string of the molecule is Cc1c(NCc2ccccc2)cnn1CCF.Cl. The van der Waals surface area contributed by atoms with Crippen LogP contribution >= 0.6 is 12.4 Å². The van der Waals surface area contributed by atoms with Crippen molar-refractivity contribution in [3.8, 4) is 0 Å². The second-order valence-electron chi connectivity index (χ2n) is 3.89. The smallest absolute Gasteiger partial charge is 0.109 e. The zero-order valence-corrected chi connectivity index (χ0v) is 11.1. The van der Waals surface area contributed by atoms with Gasteiger partial charge in [0, 0.05) is 6.54 Å². The second kappa shape index (κ2) is 7.01. The molecule has 0 radical (unpaired) electrons. The first-order valence-corrected chi connectivity index (χ1v) is 5.67. The van der Waals surface area contributed by atoms with Crippen LogP contribution in [0.3, 0.4) is 0 Å². The molecule has 0 aliphatic heterocycles. The van der Waals surface area contributed by atoms with Gasteiger partial charge in [-0.25, -0.2) is 4.39 Å². The van der Waals surface area contributed by atoms with E-state index in [1.54, 1.807) is 10.9 Å². The van der Waals surface area contributed by atoms with Crippen molar-refractivity contribution in [1.82, 2.24) is 9.78 Å². The van der Waals surface area contributed by atoms with E-state index in [4.69, 9.17) is 0 Å². The summed E-state index contributed by atoms with van der Waals surface area (Å²) in [6.07, 6.45) is 1.74. The first-order chi connectivity index (χ1) is 8.31. The van der Waals surface area contributed by atoms with Crippen molar-refractivity contribution < 1.29 is 4.39 Å². The number of aryl methyl sites for hydroxylation is 1. The molecular weight excluding hydrogens is 253 g/mol. The van der Waals surface area contributed by atoms with Gasteiger partial charge in [0.1, 0.15) is 6.67 Å². The van der Waals surface area contributed by atoms with Gasteiger partial charge in [-0.2, -0.15) is 5.10 Å². The van der Waals surface area contributed by atoms with Crippen LogP contribution < -0.4 is 5.32 Å². The van der Waals surface area contributed by atoms with Crippen LogP contribution in [0.25, 0.3) is 0 Å². The Labute approximate surface area is 112 Å². The Morgan fingerprint density at radius 1 is 1.28 bits per heavy atom. The van der Waals surface area contributed by atoms with E-state index in [-0.39, 0.29) is 19.1 Å². The fraction of sp³-hybridized carbons (Fsp3) is 0.308. The van der Waals surface area contributed by atoms with Crippen LogP contribution in [0.1, 0.15) is 11.3 Å². The molecule has 1 aromatic heterocycles. The molecule has 2 rings (SSSR count). The summed E-state index contributed by atoms with van der Waals surface area (Å²) in [6, 6.07) is 10.1. The van der Waals surface area contributed by atoms with Crippen LogP contribution in [-0.4, -0.2) is 16.5 Å². The quantitative estimate of drug-likeness (QED) is 0.903. The van der Waals surface area contributed by atoms with Crippen LogP contribution in [0.4, 0.5) is 10.1 Å². The molecule has 0 saturated carbocycles. The van der Waals surface area contributed by atoms with Gasteiger partial charge in [-0.3, -0.25) is 4.68 Å². The maximum absolute atomic E-state index is 12.2. The number of anilines is 1. The fourth-order valence-electron chi connectivity index (χ4n) is 1.72. The van der Waals surface area contributed by atoms with Crippen LogP contribution in [0.2, 0.25) is 0 Å². The van der Waals surface area contributed by atoms with Crippen molar-refractivity contribution in [1.29, 1.82) is 0 Å². The van der Waals surface area contributed by atoms with E-state index in [9.17, 15) is 4.39 Å². The molecule has 0 bridgehead atoms. The third kappa shape index (κ3) is 3.47. The number of nitrogens with zero attached hydrogens (tertiary/aromatic N) is 2. The minimum Gasteiger partial charge on any atom is -0.378 e. The minimum absolute atomic E-state index is 0. The summed E-state index contributed by atoms with van der Waals surface area (Å²) in [4.78, 5) is 0. The highest BCUT2D eigenvalue weighted by atomic mass is 35.5. The lowest BCUT2D eigenvalue weighted by atomic mass is 10.2. The molecule has 1 heterocycles. The third-order valence-corrected chi connectivity index (χ3v) is 2.73. The lowest BCUT2D eigenvalue weighted by Gasteiger charge is -2.06. The minimum atomic E-state index is -0.388. The predicted molar refractivity (Wildman–Crippen MR) is 74.0 cm³/mol. The zero-order valence-electron chi connectivity index (χ0n) is 10.3. The molecule has 0 aliphatic rings. The van der Waals surface area contributed by atoms with Crippen molar-refractivity contribution in [3.05, 3.63) is 47.8 Å². The number of nitrogens with one attached hydrogen (secondary N) is 1. The number of benzene rings is 1. The van der Waals surface area contributed by atoms with E-state index in [0.717, 1.165) is 17.9 Å². The van der Waals surface area contributed by atoms with Crippen LogP contribution in [-0.2, 0) is 13.1 Å². The molecule has 3 nitrogen and oxygen atoms in total. The van der Waals surface area contributed by atoms with Gasteiger partial charge in [-0.1, -0.05) is 30.3 Å². The summed E-state index contributed by atoms with van der Waals surface area (Å²) in [5.74, 6) is 0. The maximum Gasteiger partial charge on any atom is 0.109 e. The van der Waals surface area contributed by atoms with Gasteiger partial charge < -0.3 is 5.32 Å². The molecule has 0 aliphatic carbocycles. The Kier molecular flexibility index (Phi) is 5.65. The molecule has 18 heavy (non-hydrogen) atoms. The van der Waals surface area contributed by atoms with E-state index in [1.807, 2.05) is 25.1 Å². The average Bonchev–Trinajstić information content (AvgIpc) is 2.70. The number of halogens is 2. The van der Waals surface area contributed by atoms with Crippen molar-refractivity contribution in [2.75, 3.05) is 12.0 Å². The molecule has 1 N–H and O–H groups in total. The number of rotatable bonds is 5. The lowest BCUT2D eigenvalue weighted by molar-refractivity contribution is 0.423. The Hall–Kier alpha value is -1.55. The Morgan fingerprint density at radius 2 is 2.00 bits per heavy atom. The molecule has 0 saturated heterocycles. The molecule has 0 atom stereocenters. The van der Waals surface area contributed by atoms with Crippen molar-refractivity contribution in [3.63, 3.8) is 0 Å². The summed E-state index contributed by atoms with van der Waals surface area (Å²) in [5, 5.41) is 7.43. The Bertz CT molecular complexity index is 470. The summed E-state index contributed by atoms with van der Waals surface area (Å²) < 4.78 is 13.9. The highest BCUT2D eigenvalue weighted by molar-refractivity contribution is 5.85. The normalized spacial score (nSPS) is 9.89. The molecule has 98 valence electrons. The van der Waals surface area contributed by atoms with Crippen LogP contribution in [0, 0.1) is 6.92 Å². The molecular formula is C13H17ClFN3. The maximum atomic E-state index is 12.2. The number of alkyl halides is 1. The number of aromatic nitrogens is 2. The van der Waals surface area contributed by atoms with Crippen molar-refractivity contribution in [2.24, 2.45) is 0 Å². The topological polar surface area (TPSA) is 29.9 Å². The number of hydrogen-bond donors (Lipinski definition) is 1. The fourth-order valence-corrected chi connectivity index (χ4v) is 1.72. The van der Waals surface area contributed by atoms with E-state index in [1.165, 1.54) is 5.56 Å². The first-order valence-electron chi connectivity index (χ1n) is 5.67. The Morgan fingerprint density at radius 3 is 2.67 bits per heavy atom. The van der Waals surface area contributed by atoms with Crippen LogP contribution in [0.15, 0.2) is 36.5 Å². The van der Waals surface area contributed by atoms with Gasteiger partial charge >= 0.3 is 0 Å². The molecule has 2 aromatic rings. The van der Waals surface area contributed by atoms with Crippen molar-refractivity contribution in [2.45, 2.75) is 20.0 Å².